The minimum atomic E-state index is -2.75. The second kappa shape index (κ2) is 5.77. The Labute approximate surface area is 136 Å². The topological polar surface area (TPSA) is 57.4 Å². The molecule has 1 atom stereocenters. The molecule has 0 unspecified atom stereocenters. The number of carbonyl (C=O) groups is 1. The predicted octanol–water partition coefficient (Wildman–Crippen LogP) is 1.92. The lowest BCUT2D eigenvalue weighted by Crippen LogP contribution is -2.28. The van der Waals surface area contributed by atoms with E-state index >= 15 is 0 Å². The summed E-state index contributed by atoms with van der Waals surface area (Å²) in [5.74, 6) is 0. The molecule has 0 spiro atoms. The van der Waals surface area contributed by atoms with E-state index < -0.39 is 54.8 Å². The summed E-state index contributed by atoms with van der Waals surface area (Å²) < 4.78 is 79.5. The molecule has 2 aromatic rings. The molecule has 0 radical (unpaired) electrons. The SMILES string of the molecule is [2H]c1[nH]c2c([2H])c([2H])c(C[C@@]3([2H])COC(=O)N3)c([2H])c2c1C([2H])([2H])C([2H])([2H])N(C)C. The van der Waals surface area contributed by atoms with Crippen LogP contribution in [0.5, 0.6) is 0 Å². The summed E-state index contributed by atoms with van der Waals surface area (Å²) in [6.45, 7) is -2.89. The lowest BCUT2D eigenvalue weighted by Gasteiger charge is -2.09. The second-order valence-corrected chi connectivity index (χ2v) is 4.84. The first-order chi connectivity index (χ1) is 13.6. The number of aryl methyl sites for hydroxylation is 1. The summed E-state index contributed by atoms with van der Waals surface area (Å²) in [4.78, 5) is 14.9. The van der Waals surface area contributed by atoms with Crippen LogP contribution in [0.3, 0.4) is 0 Å². The van der Waals surface area contributed by atoms with Crippen LogP contribution in [0.4, 0.5) is 4.79 Å². The van der Waals surface area contributed by atoms with Crippen LogP contribution in [0.15, 0.2) is 24.3 Å². The maximum Gasteiger partial charge on any atom is 0.407 e. The maximum absolute atomic E-state index is 11.4. The number of cyclic esters (lactones) is 1. The average molecular weight is 296 g/mol. The van der Waals surface area contributed by atoms with Gasteiger partial charge in [-0.2, -0.15) is 0 Å². The molecule has 1 amide bonds. The zero-order valence-corrected chi connectivity index (χ0v) is 11.7. The van der Waals surface area contributed by atoms with Crippen molar-refractivity contribution in [3.63, 3.8) is 0 Å². The van der Waals surface area contributed by atoms with E-state index in [0.717, 1.165) is 4.90 Å². The van der Waals surface area contributed by atoms with E-state index in [9.17, 15) is 4.79 Å². The van der Waals surface area contributed by atoms with Crippen LogP contribution in [0.1, 0.15) is 23.5 Å². The number of alkyl carbamates (subject to hydrolysis) is 1. The van der Waals surface area contributed by atoms with Gasteiger partial charge < -0.3 is 19.9 Å². The van der Waals surface area contributed by atoms with Gasteiger partial charge in [0.1, 0.15) is 6.61 Å². The third-order valence-electron chi connectivity index (χ3n) is 2.88. The number of hydrogen-bond acceptors (Lipinski definition) is 3. The van der Waals surface area contributed by atoms with Crippen molar-refractivity contribution in [3.8, 4) is 0 Å². The summed E-state index contributed by atoms with van der Waals surface area (Å²) in [5, 5.41) is 2.09. The van der Waals surface area contributed by atoms with Crippen molar-refractivity contribution in [2.75, 3.05) is 27.2 Å². The number of nitrogens with zero attached hydrogens (tertiary/aromatic N) is 1. The minimum absolute atomic E-state index is 0.102. The lowest BCUT2D eigenvalue weighted by atomic mass is 10.0. The molecule has 2 heterocycles. The molecule has 0 saturated carbocycles. The fraction of sp³-hybridized carbons (Fsp3) is 0.438. The van der Waals surface area contributed by atoms with Gasteiger partial charge in [0.2, 0.25) is 0 Å². The van der Waals surface area contributed by atoms with Gasteiger partial charge in [0.15, 0.2) is 0 Å². The van der Waals surface area contributed by atoms with Gasteiger partial charge in [-0.25, -0.2) is 4.79 Å². The van der Waals surface area contributed by atoms with Crippen molar-refractivity contribution < 1.29 is 21.9 Å². The molecule has 112 valence electrons. The van der Waals surface area contributed by atoms with Gasteiger partial charge in [0.25, 0.3) is 0 Å². The van der Waals surface area contributed by atoms with E-state index in [1.807, 2.05) is 0 Å². The van der Waals surface area contributed by atoms with Crippen LogP contribution >= 0.6 is 0 Å². The molecule has 0 aliphatic carbocycles. The van der Waals surface area contributed by atoms with Crippen molar-refractivity contribution in [2.24, 2.45) is 0 Å². The van der Waals surface area contributed by atoms with Gasteiger partial charge in [0.05, 0.1) is 12.9 Å². The smallest absolute Gasteiger partial charge is 0.407 e. The van der Waals surface area contributed by atoms with Crippen LogP contribution in [0.2, 0.25) is 0 Å². The number of nitrogens with one attached hydrogen (secondary N) is 2. The highest BCUT2D eigenvalue weighted by Gasteiger charge is 2.22. The first-order valence-corrected chi connectivity index (χ1v) is 6.38. The number of benzene rings is 1. The van der Waals surface area contributed by atoms with Crippen molar-refractivity contribution in [1.29, 1.82) is 0 Å². The predicted molar refractivity (Wildman–Crippen MR) is 82.5 cm³/mol. The van der Waals surface area contributed by atoms with Gasteiger partial charge in [0, 0.05) is 29.1 Å². The molecule has 1 aliphatic heterocycles. The normalized spacial score (nSPS) is 29.3. The third-order valence-corrected chi connectivity index (χ3v) is 2.88. The highest BCUT2D eigenvalue weighted by Crippen LogP contribution is 2.21. The van der Waals surface area contributed by atoms with Crippen LogP contribution in [0.25, 0.3) is 10.9 Å². The second-order valence-electron chi connectivity index (χ2n) is 4.84. The van der Waals surface area contributed by atoms with E-state index in [1.165, 1.54) is 14.1 Å². The zero-order chi connectivity index (χ0) is 22.8. The highest BCUT2D eigenvalue weighted by molar-refractivity contribution is 5.84. The van der Waals surface area contributed by atoms with E-state index in [0.29, 0.717) is 0 Å². The van der Waals surface area contributed by atoms with Gasteiger partial charge in [-0.15, -0.1) is 0 Å². The summed E-state index contributed by atoms with van der Waals surface area (Å²) in [7, 11) is 2.68. The number of hydrogen-bond donors (Lipinski definition) is 2. The van der Waals surface area contributed by atoms with Crippen LogP contribution in [-0.2, 0) is 17.5 Å². The van der Waals surface area contributed by atoms with Crippen LogP contribution < -0.4 is 5.32 Å². The number of carbonyl (C=O) groups excluding carboxylic acids is 1. The molecule has 2 N–H and O–H groups in total. The van der Waals surface area contributed by atoms with Crippen LogP contribution in [-0.4, -0.2) is 49.2 Å². The summed E-state index contributed by atoms with van der Waals surface area (Å²) in [6, 6.07) is -2.88. The number of ether oxygens (including phenoxy) is 1. The van der Waals surface area contributed by atoms with Crippen molar-refractivity contribution in [1.82, 2.24) is 15.2 Å². The van der Waals surface area contributed by atoms with E-state index in [-0.39, 0.29) is 29.5 Å². The largest absolute Gasteiger partial charge is 0.447 e. The van der Waals surface area contributed by atoms with Crippen LogP contribution in [0, 0.1) is 0 Å². The molecule has 21 heavy (non-hydrogen) atoms. The Kier molecular flexibility index (Phi) is 1.88. The van der Waals surface area contributed by atoms with Gasteiger partial charge in [-0.05, 0) is 50.1 Å². The molecule has 5 nitrogen and oxygen atoms in total. The maximum atomic E-state index is 11.4. The summed E-state index contributed by atoms with van der Waals surface area (Å²) >= 11 is 0. The minimum Gasteiger partial charge on any atom is -0.447 e. The molecule has 1 saturated heterocycles. The number of likely N-dealkylation sites (N-methyl/N-ethyl adjacent to an activating group) is 1. The zero-order valence-electron chi connectivity index (χ0n) is 20.7. The quantitative estimate of drug-likeness (QED) is 0.886. The summed E-state index contributed by atoms with van der Waals surface area (Å²) in [6.07, 6.45) is -4.42. The van der Waals surface area contributed by atoms with E-state index in [4.69, 9.17) is 17.1 Å². The van der Waals surface area contributed by atoms with Gasteiger partial charge >= 0.3 is 6.09 Å². The van der Waals surface area contributed by atoms with Crippen molar-refractivity contribution in [3.05, 3.63) is 35.4 Å². The fourth-order valence-electron chi connectivity index (χ4n) is 1.94. The third kappa shape index (κ3) is 3.19. The van der Waals surface area contributed by atoms with Gasteiger partial charge in [-0.1, -0.05) is 6.04 Å². The molecule has 3 rings (SSSR count). The molecular formula is C16H21N3O2. The Morgan fingerprint density at radius 1 is 1.57 bits per heavy atom. The number of amides is 1. The Balaban J connectivity index is 2.29. The fourth-order valence-corrected chi connectivity index (χ4v) is 1.94. The number of aromatic nitrogens is 1. The monoisotopic (exact) mass is 296 g/mol. The first-order valence-electron chi connectivity index (χ1n) is 10.9. The molecule has 5 heteroatoms. The molecule has 1 aromatic heterocycles. The molecular weight excluding hydrogens is 266 g/mol. The van der Waals surface area contributed by atoms with Crippen molar-refractivity contribution >= 4 is 17.0 Å². The van der Waals surface area contributed by atoms with E-state index in [2.05, 4.69) is 10.3 Å². The molecule has 1 aromatic carbocycles. The Morgan fingerprint density at radius 2 is 2.43 bits per heavy atom. The van der Waals surface area contributed by atoms with Gasteiger partial charge in [-0.3, -0.25) is 0 Å². The molecule has 1 aliphatic rings. The number of aromatic amines is 1. The lowest BCUT2D eigenvalue weighted by molar-refractivity contribution is 0.177. The van der Waals surface area contributed by atoms with Crippen molar-refractivity contribution in [2.45, 2.75) is 18.8 Å². The Bertz CT molecular complexity index is 1040. The first kappa shape index (κ1) is 6.83. The average Bonchev–Trinajstić information content (AvgIpc) is 3.16. The number of fused-ring (bicyclic) bond motifs is 1. The molecule has 1 fully saturated rings. The highest BCUT2D eigenvalue weighted by atomic mass is 16.6. The number of H-pyrrole nitrogens is 1. The standard InChI is InChI=1S/C16H21N3O2/c1-19(2)6-5-12-9-17-15-4-3-11(8-14(12)15)7-13-10-21-16(20)18-13/h3-4,8-9,13,17H,5-7,10H2,1-2H3,(H,18,20)/t13-/m0/s1/i3D,4D,5D2,6D2,8D,9D,13D. The number of rotatable bonds is 5. The Hall–Kier alpha value is -2.01. The summed E-state index contributed by atoms with van der Waals surface area (Å²) in [5.41, 5.74) is -0.672. The Morgan fingerprint density at radius 3 is 3.14 bits per heavy atom. The molecule has 0 bridgehead atoms. The van der Waals surface area contributed by atoms with E-state index in [1.54, 1.807) is 0 Å².